The Bertz CT molecular complexity index is 410. The fourth-order valence-electron chi connectivity index (χ4n) is 2.27. The zero-order valence-corrected chi connectivity index (χ0v) is 11.9. The van der Waals surface area contributed by atoms with Crippen LogP contribution in [0.2, 0.25) is 0 Å². The van der Waals surface area contributed by atoms with Crippen LogP contribution in [-0.2, 0) is 13.5 Å². The lowest BCUT2D eigenvalue weighted by atomic mass is 10.0. The highest BCUT2D eigenvalue weighted by Gasteiger charge is 2.28. The van der Waals surface area contributed by atoms with Crippen molar-refractivity contribution in [3.63, 3.8) is 0 Å². The van der Waals surface area contributed by atoms with Gasteiger partial charge in [-0.25, -0.2) is 0 Å². The second kappa shape index (κ2) is 6.41. The summed E-state index contributed by atoms with van der Waals surface area (Å²) < 4.78 is 38.4. The van der Waals surface area contributed by atoms with Gasteiger partial charge in [-0.3, -0.25) is 4.68 Å². The van der Waals surface area contributed by atoms with Gasteiger partial charge in [-0.1, -0.05) is 0 Å². The molecule has 0 radical (unpaired) electrons. The fourth-order valence-corrected chi connectivity index (χ4v) is 2.27. The third-order valence-corrected chi connectivity index (χ3v) is 3.59. The molecule has 0 amide bonds. The van der Waals surface area contributed by atoms with E-state index in [1.807, 2.05) is 25.6 Å². The van der Waals surface area contributed by atoms with E-state index in [4.69, 9.17) is 0 Å². The number of alkyl halides is 3. The van der Waals surface area contributed by atoms with Gasteiger partial charge in [0.25, 0.3) is 0 Å². The highest BCUT2D eigenvalue weighted by Crippen LogP contribution is 2.24. The topological polar surface area (TPSA) is 29.9 Å². The van der Waals surface area contributed by atoms with Crippen LogP contribution >= 0.6 is 0 Å². The number of nitrogens with zero attached hydrogens (tertiary/aromatic N) is 2. The minimum atomic E-state index is -4.07. The SMILES string of the molecule is CNC(CCc1c(C)nn(C)c1C)CCC(F)(F)F. The summed E-state index contributed by atoms with van der Waals surface area (Å²) in [6, 6.07) is -0.111. The molecule has 1 aromatic heterocycles. The number of hydrogen-bond donors (Lipinski definition) is 1. The van der Waals surface area contributed by atoms with Crippen molar-refractivity contribution in [2.75, 3.05) is 7.05 Å². The molecule has 0 spiro atoms. The summed E-state index contributed by atoms with van der Waals surface area (Å²) in [6.07, 6.45) is -3.23. The van der Waals surface area contributed by atoms with Gasteiger partial charge in [-0.2, -0.15) is 18.3 Å². The molecule has 0 aliphatic carbocycles. The highest BCUT2D eigenvalue weighted by atomic mass is 19.4. The van der Waals surface area contributed by atoms with Crippen LogP contribution in [-0.4, -0.2) is 29.0 Å². The first kappa shape index (κ1) is 16.0. The second-order valence-corrected chi connectivity index (χ2v) is 4.95. The lowest BCUT2D eigenvalue weighted by Crippen LogP contribution is -2.27. The standard InChI is InChI=1S/C13H22F3N3/c1-9-12(10(2)19(4)18-9)6-5-11(17-3)7-8-13(14,15)16/h11,17H,5-8H2,1-4H3. The zero-order valence-electron chi connectivity index (χ0n) is 11.9. The average Bonchev–Trinajstić information content (AvgIpc) is 2.53. The molecule has 0 saturated carbocycles. The Kier molecular flexibility index (Phi) is 5.40. The Morgan fingerprint density at radius 3 is 2.32 bits per heavy atom. The first-order valence-corrected chi connectivity index (χ1v) is 6.47. The predicted molar refractivity (Wildman–Crippen MR) is 69.1 cm³/mol. The largest absolute Gasteiger partial charge is 0.389 e. The van der Waals surface area contributed by atoms with Crippen LogP contribution < -0.4 is 5.32 Å². The molecule has 0 aromatic carbocycles. The van der Waals surface area contributed by atoms with E-state index >= 15 is 0 Å². The van der Waals surface area contributed by atoms with Crippen molar-refractivity contribution < 1.29 is 13.2 Å². The lowest BCUT2D eigenvalue weighted by molar-refractivity contribution is -0.136. The molecule has 0 aliphatic heterocycles. The van der Waals surface area contributed by atoms with Gasteiger partial charge in [0.1, 0.15) is 0 Å². The number of halogens is 3. The summed E-state index contributed by atoms with van der Waals surface area (Å²) >= 11 is 0. The molecule has 1 aromatic rings. The van der Waals surface area contributed by atoms with Crippen LogP contribution in [0.15, 0.2) is 0 Å². The van der Waals surface area contributed by atoms with Crippen LogP contribution in [0.1, 0.15) is 36.2 Å². The number of rotatable bonds is 6. The van der Waals surface area contributed by atoms with Crippen molar-refractivity contribution in [3.8, 4) is 0 Å². The van der Waals surface area contributed by atoms with Crippen molar-refractivity contribution in [3.05, 3.63) is 17.0 Å². The van der Waals surface area contributed by atoms with Crippen molar-refractivity contribution in [1.29, 1.82) is 0 Å². The van der Waals surface area contributed by atoms with E-state index in [2.05, 4.69) is 10.4 Å². The molecule has 1 N–H and O–H groups in total. The van der Waals surface area contributed by atoms with Crippen LogP contribution in [0.5, 0.6) is 0 Å². The van der Waals surface area contributed by atoms with Gasteiger partial charge in [0.15, 0.2) is 0 Å². The predicted octanol–water partition coefficient (Wildman–Crippen LogP) is 2.90. The summed E-state index contributed by atoms with van der Waals surface area (Å²) in [4.78, 5) is 0. The third kappa shape index (κ3) is 4.86. The number of hydrogen-bond acceptors (Lipinski definition) is 2. The second-order valence-electron chi connectivity index (χ2n) is 4.95. The molecule has 1 heterocycles. The van der Waals surface area contributed by atoms with E-state index in [0.29, 0.717) is 6.42 Å². The Morgan fingerprint density at radius 1 is 1.26 bits per heavy atom. The quantitative estimate of drug-likeness (QED) is 0.866. The maximum atomic E-state index is 12.2. The maximum Gasteiger partial charge on any atom is 0.389 e. The summed E-state index contributed by atoms with van der Waals surface area (Å²) in [5, 5.41) is 7.28. The molecule has 1 rings (SSSR count). The Balaban J connectivity index is 2.53. The van der Waals surface area contributed by atoms with E-state index in [9.17, 15) is 13.2 Å². The molecule has 110 valence electrons. The maximum absolute atomic E-state index is 12.2. The molecule has 3 nitrogen and oxygen atoms in total. The van der Waals surface area contributed by atoms with Crippen molar-refractivity contribution in [2.24, 2.45) is 7.05 Å². The monoisotopic (exact) mass is 277 g/mol. The summed E-state index contributed by atoms with van der Waals surface area (Å²) in [6.45, 7) is 3.92. The minimum absolute atomic E-state index is 0.111. The zero-order chi connectivity index (χ0) is 14.6. The first-order valence-electron chi connectivity index (χ1n) is 6.47. The van der Waals surface area contributed by atoms with Crippen molar-refractivity contribution in [2.45, 2.75) is 51.7 Å². The Morgan fingerprint density at radius 2 is 1.89 bits per heavy atom. The normalized spacial score (nSPS) is 13.8. The fraction of sp³-hybridized carbons (Fsp3) is 0.769. The van der Waals surface area contributed by atoms with Crippen LogP contribution in [0.3, 0.4) is 0 Å². The highest BCUT2D eigenvalue weighted by molar-refractivity contribution is 5.24. The van der Waals surface area contributed by atoms with Gasteiger partial charge < -0.3 is 5.32 Å². The summed E-state index contributed by atoms with van der Waals surface area (Å²) in [5.74, 6) is 0. The van der Waals surface area contributed by atoms with Crippen LogP contribution in [0, 0.1) is 13.8 Å². The molecule has 6 heteroatoms. The summed E-state index contributed by atoms with van der Waals surface area (Å²) in [7, 11) is 3.59. The van der Waals surface area contributed by atoms with E-state index < -0.39 is 12.6 Å². The molecule has 19 heavy (non-hydrogen) atoms. The molecule has 0 bridgehead atoms. The van der Waals surface area contributed by atoms with E-state index in [1.165, 1.54) is 0 Å². The summed E-state index contributed by atoms with van der Waals surface area (Å²) in [5.41, 5.74) is 3.20. The molecular weight excluding hydrogens is 255 g/mol. The van der Waals surface area contributed by atoms with Crippen molar-refractivity contribution >= 4 is 0 Å². The van der Waals surface area contributed by atoms with E-state index in [1.54, 1.807) is 7.05 Å². The number of aromatic nitrogens is 2. The van der Waals surface area contributed by atoms with Crippen molar-refractivity contribution in [1.82, 2.24) is 15.1 Å². The van der Waals surface area contributed by atoms with Gasteiger partial charge in [-0.15, -0.1) is 0 Å². The van der Waals surface area contributed by atoms with Gasteiger partial charge in [0.2, 0.25) is 0 Å². The lowest BCUT2D eigenvalue weighted by Gasteiger charge is -2.17. The Hall–Kier alpha value is -1.04. The minimum Gasteiger partial charge on any atom is -0.317 e. The molecule has 0 saturated heterocycles. The molecular formula is C13H22F3N3. The Labute approximate surface area is 112 Å². The number of nitrogens with one attached hydrogen (secondary N) is 1. The molecule has 1 atom stereocenters. The van der Waals surface area contributed by atoms with Gasteiger partial charge in [0, 0.05) is 25.2 Å². The smallest absolute Gasteiger partial charge is 0.317 e. The van der Waals surface area contributed by atoms with Gasteiger partial charge in [-0.05, 0) is 45.7 Å². The number of aryl methyl sites for hydroxylation is 2. The van der Waals surface area contributed by atoms with Crippen LogP contribution in [0.25, 0.3) is 0 Å². The molecule has 0 aliphatic rings. The molecule has 1 unspecified atom stereocenters. The third-order valence-electron chi connectivity index (χ3n) is 3.59. The van der Waals surface area contributed by atoms with E-state index in [0.717, 1.165) is 23.4 Å². The van der Waals surface area contributed by atoms with E-state index in [-0.39, 0.29) is 12.5 Å². The first-order chi connectivity index (χ1) is 8.74. The molecule has 0 fully saturated rings. The van der Waals surface area contributed by atoms with Crippen LogP contribution in [0.4, 0.5) is 13.2 Å². The van der Waals surface area contributed by atoms with Gasteiger partial charge >= 0.3 is 6.18 Å². The van der Waals surface area contributed by atoms with Gasteiger partial charge in [0.05, 0.1) is 5.69 Å². The average molecular weight is 277 g/mol.